The number of urea groups is 1. The van der Waals surface area contributed by atoms with Crippen LogP contribution < -0.4 is 30.5 Å². The summed E-state index contributed by atoms with van der Waals surface area (Å²) in [5.74, 6) is 0.710. The average Bonchev–Trinajstić information content (AvgIpc) is 2.97. The summed E-state index contributed by atoms with van der Waals surface area (Å²) in [6, 6.07) is 21.0. The third-order valence-electron chi connectivity index (χ3n) is 7.18. The lowest BCUT2D eigenvalue weighted by atomic mass is 10.1. The number of carbonyl (C=O) groups excluding carboxylic acids is 2. The second-order valence-corrected chi connectivity index (χ2v) is 9.75. The highest BCUT2D eigenvalue weighted by Crippen LogP contribution is 2.31. The molecule has 0 bridgehead atoms. The summed E-state index contributed by atoms with van der Waals surface area (Å²) in [7, 11) is 1.69. The predicted octanol–water partition coefficient (Wildman–Crippen LogP) is 5.76. The van der Waals surface area contributed by atoms with E-state index < -0.39 is 0 Å². The van der Waals surface area contributed by atoms with Crippen molar-refractivity contribution >= 4 is 34.7 Å². The number of hydrogen-bond donors (Lipinski definition) is 3. The smallest absolute Gasteiger partial charge is 0.323 e. The Morgan fingerprint density at radius 2 is 1.54 bits per heavy atom. The molecule has 0 saturated carbocycles. The molecule has 3 N–H and O–H groups in total. The van der Waals surface area contributed by atoms with Gasteiger partial charge in [-0.05, 0) is 61.7 Å². The molecule has 0 spiro atoms. The van der Waals surface area contributed by atoms with Crippen LogP contribution in [-0.2, 0) is 6.42 Å². The molecule has 206 valence electrons. The van der Waals surface area contributed by atoms with Gasteiger partial charge in [0.2, 0.25) is 0 Å². The van der Waals surface area contributed by atoms with E-state index in [-0.39, 0.29) is 18.0 Å². The van der Waals surface area contributed by atoms with Crippen molar-refractivity contribution in [3.63, 3.8) is 0 Å². The van der Waals surface area contributed by atoms with E-state index in [0.29, 0.717) is 11.3 Å². The molecule has 1 fully saturated rings. The van der Waals surface area contributed by atoms with E-state index in [2.05, 4.69) is 38.7 Å². The minimum absolute atomic E-state index is 0.0400. The number of aryl methyl sites for hydroxylation is 1. The first-order valence-corrected chi connectivity index (χ1v) is 13.7. The third kappa shape index (κ3) is 6.82. The number of para-hydroxylation sites is 3. The zero-order valence-electron chi connectivity index (χ0n) is 23.3. The summed E-state index contributed by atoms with van der Waals surface area (Å²) in [6.45, 7) is 9.18. The first kappa shape index (κ1) is 27.8. The average molecular weight is 530 g/mol. The number of ether oxygens (including phenoxy) is 1. The topological polar surface area (TPSA) is 85.9 Å². The number of nitrogens with zero attached hydrogens (tertiary/aromatic N) is 2. The summed E-state index contributed by atoms with van der Waals surface area (Å²) < 4.78 is 5.56. The Hall–Kier alpha value is -4.20. The number of rotatable bonds is 9. The van der Waals surface area contributed by atoms with Gasteiger partial charge in [0.1, 0.15) is 5.75 Å². The molecule has 3 aromatic carbocycles. The van der Waals surface area contributed by atoms with E-state index in [1.807, 2.05) is 68.4 Å². The lowest BCUT2D eigenvalue weighted by Crippen LogP contribution is -2.47. The van der Waals surface area contributed by atoms with Crippen molar-refractivity contribution in [2.24, 2.45) is 0 Å². The second kappa shape index (κ2) is 13.0. The Balaban J connectivity index is 1.52. The number of hydrogen-bond acceptors (Lipinski definition) is 5. The predicted molar refractivity (Wildman–Crippen MR) is 160 cm³/mol. The minimum atomic E-state index is -0.345. The van der Waals surface area contributed by atoms with E-state index in [1.54, 1.807) is 13.2 Å². The monoisotopic (exact) mass is 529 g/mol. The Morgan fingerprint density at radius 1 is 0.872 bits per heavy atom. The van der Waals surface area contributed by atoms with Crippen molar-refractivity contribution in [1.29, 1.82) is 0 Å². The summed E-state index contributed by atoms with van der Waals surface area (Å²) in [6.07, 6.45) is 1.64. The standard InChI is InChI=1S/C31H39N5O3/c1-5-22(3)32-30(37)25-21-24(33-31(38)34-26-12-8-7-11-23(26)6-2)15-16-27(25)35-17-19-36(20-18-35)28-13-9-10-14-29(28)39-4/h7-16,21-22H,5-6,17-20H2,1-4H3,(H,32,37)(H2,33,34,38). The number of piperazine rings is 1. The summed E-state index contributed by atoms with van der Waals surface area (Å²) in [4.78, 5) is 30.7. The van der Waals surface area contributed by atoms with Gasteiger partial charge in [0.15, 0.2) is 0 Å². The lowest BCUT2D eigenvalue weighted by Gasteiger charge is -2.38. The largest absolute Gasteiger partial charge is 0.495 e. The van der Waals surface area contributed by atoms with Crippen molar-refractivity contribution in [3.05, 3.63) is 77.9 Å². The van der Waals surface area contributed by atoms with Crippen LogP contribution in [0.15, 0.2) is 66.7 Å². The van der Waals surface area contributed by atoms with Crippen molar-refractivity contribution < 1.29 is 14.3 Å². The Morgan fingerprint density at radius 3 is 2.23 bits per heavy atom. The molecule has 1 heterocycles. The molecule has 3 aromatic rings. The molecule has 0 aliphatic carbocycles. The quantitative estimate of drug-likeness (QED) is 0.328. The molecular weight excluding hydrogens is 490 g/mol. The van der Waals surface area contributed by atoms with Crippen LogP contribution in [0.2, 0.25) is 0 Å². The molecule has 4 rings (SSSR count). The van der Waals surface area contributed by atoms with Crippen molar-refractivity contribution in [3.8, 4) is 5.75 Å². The highest BCUT2D eigenvalue weighted by Gasteiger charge is 2.24. The number of amides is 3. The highest BCUT2D eigenvalue weighted by atomic mass is 16.5. The number of carbonyl (C=O) groups is 2. The van der Waals surface area contributed by atoms with Crippen molar-refractivity contribution in [1.82, 2.24) is 5.32 Å². The summed E-state index contributed by atoms with van der Waals surface area (Å²) >= 11 is 0. The van der Waals surface area contributed by atoms with Crippen LogP contribution in [-0.4, -0.2) is 51.3 Å². The normalized spacial score (nSPS) is 13.9. The SMILES string of the molecule is CCc1ccccc1NC(=O)Nc1ccc(N2CCN(c3ccccc3OC)CC2)c(C(=O)NC(C)CC)c1. The number of anilines is 4. The van der Waals surface area contributed by atoms with Gasteiger partial charge in [-0.15, -0.1) is 0 Å². The van der Waals surface area contributed by atoms with Crippen LogP contribution in [0, 0.1) is 0 Å². The molecule has 3 amide bonds. The fraction of sp³-hybridized carbons (Fsp3) is 0.355. The molecule has 1 aliphatic heterocycles. The fourth-order valence-corrected chi connectivity index (χ4v) is 4.79. The maximum Gasteiger partial charge on any atom is 0.323 e. The van der Waals surface area contributed by atoms with E-state index in [9.17, 15) is 9.59 Å². The molecule has 0 radical (unpaired) electrons. The zero-order valence-corrected chi connectivity index (χ0v) is 23.3. The van der Waals surface area contributed by atoms with E-state index in [1.165, 1.54) is 0 Å². The number of benzene rings is 3. The van der Waals surface area contributed by atoms with E-state index in [0.717, 1.165) is 67.4 Å². The van der Waals surface area contributed by atoms with Crippen LogP contribution in [0.4, 0.5) is 27.5 Å². The number of nitrogens with one attached hydrogen (secondary N) is 3. The fourth-order valence-electron chi connectivity index (χ4n) is 4.79. The van der Waals surface area contributed by atoms with Crippen LogP contribution in [0.3, 0.4) is 0 Å². The van der Waals surface area contributed by atoms with Crippen molar-refractivity contribution in [2.75, 3.05) is 53.7 Å². The lowest BCUT2D eigenvalue weighted by molar-refractivity contribution is 0.0939. The van der Waals surface area contributed by atoms with Gasteiger partial charge < -0.3 is 30.5 Å². The molecule has 1 atom stereocenters. The Bertz CT molecular complexity index is 1290. The maximum atomic E-state index is 13.4. The molecule has 0 aromatic heterocycles. The van der Waals surface area contributed by atoms with Gasteiger partial charge in [-0.3, -0.25) is 4.79 Å². The van der Waals surface area contributed by atoms with E-state index in [4.69, 9.17) is 4.74 Å². The van der Waals surface area contributed by atoms with Crippen LogP contribution in [0.5, 0.6) is 5.75 Å². The second-order valence-electron chi connectivity index (χ2n) is 9.75. The molecule has 8 heteroatoms. The van der Waals surface area contributed by atoms with Gasteiger partial charge in [-0.1, -0.05) is 44.2 Å². The molecule has 1 aliphatic rings. The minimum Gasteiger partial charge on any atom is -0.495 e. The van der Waals surface area contributed by atoms with Gasteiger partial charge in [-0.2, -0.15) is 0 Å². The highest BCUT2D eigenvalue weighted by molar-refractivity contribution is 6.04. The van der Waals surface area contributed by atoms with Gasteiger partial charge in [0.25, 0.3) is 5.91 Å². The van der Waals surface area contributed by atoms with Gasteiger partial charge >= 0.3 is 6.03 Å². The van der Waals surface area contributed by atoms with Crippen LogP contribution >= 0.6 is 0 Å². The molecule has 39 heavy (non-hydrogen) atoms. The number of methoxy groups -OCH3 is 1. The molecular formula is C31H39N5O3. The van der Waals surface area contributed by atoms with Gasteiger partial charge in [-0.25, -0.2) is 4.79 Å². The van der Waals surface area contributed by atoms with Crippen LogP contribution in [0.1, 0.15) is 43.1 Å². The van der Waals surface area contributed by atoms with Crippen molar-refractivity contribution in [2.45, 2.75) is 39.7 Å². The van der Waals surface area contributed by atoms with Gasteiger partial charge in [0, 0.05) is 49.3 Å². The molecule has 1 unspecified atom stereocenters. The first-order chi connectivity index (χ1) is 18.9. The van der Waals surface area contributed by atoms with E-state index >= 15 is 0 Å². The Kier molecular flexibility index (Phi) is 9.31. The molecule has 8 nitrogen and oxygen atoms in total. The Labute approximate surface area is 231 Å². The first-order valence-electron chi connectivity index (χ1n) is 13.7. The van der Waals surface area contributed by atoms with Crippen LogP contribution in [0.25, 0.3) is 0 Å². The zero-order chi connectivity index (χ0) is 27.8. The molecule has 1 saturated heterocycles. The third-order valence-corrected chi connectivity index (χ3v) is 7.18. The maximum absolute atomic E-state index is 13.4. The summed E-state index contributed by atoms with van der Waals surface area (Å²) in [5.41, 5.74) is 4.88. The summed E-state index contributed by atoms with van der Waals surface area (Å²) in [5, 5.41) is 8.93. The van der Waals surface area contributed by atoms with Gasteiger partial charge in [0.05, 0.1) is 18.4 Å².